The maximum Gasteiger partial charge on any atom is 0.404 e. The highest BCUT2D eigenvalue weighted by Crippen LogP contribution is 2.79. The first-order valence-electron chi connectivity index (χ1n) is 5.53. The number of carboxylic acid groups (broad SMARTS) is 1. The predicted molar refractivity (Wildman–Crippen MR) is 48.7 cm³/mol. The molecular weight excluding hydrogens is 221 g/mol. The van der Waals surface area contributed by atoms with Gasteiger partial charge in [-0.05, 0) is 49.4 Å². The van der Waals surface area contributed by atoms with E-state index < -0.39 is 17.6 Å². The van der Waals surface area contributed by atoms with Gasteiger partial charge in [0.1, 0.15) is 0 Å². The number of carbonyl (C=O) groups is 1. The van der Waals surface area contributed by atoms with Crippen molar-refractivity contribution in [2.24, 2.45) is 16.2 Å². The molecule has 5 heteroatoms. The zero-order valence-corrected chi connectivity index (χ0v) is 8.73. The zero-order chi connectivity index (χ0) is 11.8. The zero-order valence-electron chi connectivity index (χ0n) is 8.73. The monoisotopic (exact) mass is 234 g/mol. The second-order valence-corrected chi connectivity index (χ2v) is 6.09. The number of halogens is 3. The van der Waals surface area contributed by atoms with Gasteiger partial charge in [-0.15, -0.1) is 0 Å². The Hall–Kier alpha value is -0.740. The van der Waals surface area contributed by atoms with E-state index in [9.17, 15) is 18.0 Å². The van der Waals surface area contributed by atoms with Gasteiger partial charge in [-0.3, -0.25) is 4.79 Å². The Morgan fingerprint density at radius 1 is 1.00 bits per heavy atom. The van der Waals surface area contributed by atoms with Crippen molar-refractivity contribution in [3.63, 3.8) is 0 Å². The molecule has 0 aliphatic heterocycles. The van der Waals surface area contributed by atoms with Crippen LogP contribution < -0.4 is 0 Å². The molecule has 0 aromatic carbocycles. The van der Waals surface area contributed by atoms with Gasteiger partial charge < -0.3 is 5.11 Å². The van der Waals surface area contributed by atoms with Crippen LogP contribution in [0.1, 0.15) is 38.5 Å². The molecule has 0 unspecified atom stereocenters. The summed E-state index contributed by atoms with van der Waals surface area (Å²) in [7, 11) is 0. The molecule has 3 aliphatic rings. The molecule has 1 N–H and O–H groups in total. The first kappa shape index (κ1) is 10.4. The van der Waals surface area contributed by atoms with Gasteiger partial charge in [0.25, 0.3) is 0 Å². The molecule has 16 heavy (non-hydrogen) atoms. The molecule has 0 saturated heterocycles. The van der Waals surface area contributed by atoms with Crippen molar-refractivity contribution < 1.29 is 23.1 Å². The van der Waals surface area contributed by atoms with E-state index >= 15 is 0 Å². The summed E-state index contributed by atoms with van der Waals surface area (Å²) in [6.45, 7) is 0. The molecule has 0 aromatic heterocycles. The van der Waals surface area contributed by atoms with Gasteiger partial charge in [-0.25, -0.2) is 0 Å². The van der Waals surface area contributed by atoms with Crippen LogP contribution in [0.5, 0.6) is 0 Å². The highest BCUT2D eigenvalue weighted by atomic mass is 19.4. The lowest BCUT2D eigenvalue weighted by Gasteiger charge is -2.62. The first-order chi connectivity index (χ1) is 7.23. The first-order valence-corrected chi connectivity index (χ1v) is 5.53. The van der Waals surface area contributed by atoms with Crippen molar-refractivity contribution in [1.82, 2.24) is 0 Å². The van der Waals surface area contributed by atoms with Gasteiger partial charge in [0.2, 0.25) is 0 Å². The van der Waals surface area contributed by atoms with Crippen molar-refractivity contribution >= 4 is 5.97 Å². The lowest BCUT2D eigenvalue weighted by molar-refractivity contribution is -0.296. The van der Waals surface area contributed by atoms with Gasteiger partial charge in [0.05, 0.1) is 0 Å². The third-order valence-electron chi connectivity index (χ3n) is 4.76. The third-order valence-corrected chi connectivity index (χ3v) is 4.76. The molecule has 0 bridgehead atoms. The van der Waals surface area contributed by atoms with Crippen molar-refractivity contribution in [1.29, 1.82) is 0 Å². The van der Waals surface area contributed by atoms with Crippen LogP contribution in [0, 0.1) is 16.2 Å². The molecule has 3 aliphatic carbocycles. The number of hydrogen-bond donors (Lipinski definition) is 1. The minimum absolute atomic E-state index is 0.194. The van der Waals surface area contributed by atoms with E-state index in [0.29, 0.717) is 5.41 Å². The minimum Gasteiger partial charge on any atom is -0.481 e. The van der Waals surface area contributed by atoms with Gasteiger partial charge in [-0.2, -0.15) is 13.2 Å². The van der Waals surface area contributed by atoms with Crippen LogP contribution in [0.15, 0.2) is 0 Å². The maximum atomic E-state index is 12.7. The molecular formula is C11H13F3O2. The van der Waals surface area contributed by atoms with Crippen LogP contribution in [0.25, 0.3) is 0 Å². The molecule has 0 heterocycles. The molecule has 2 spiro atoms. The van der Waals surface area contributed by atoms with Crippen LogP contribution in [0.3, 0.4) is 0 Å². The van der Waals surface area contributed by atoms with E-state index in [4.69, 9.17) is 5.11 Å². The van der Waals surface area contributed by atoms with Gasteiger partial charge in [0, 0.05) is 0 Å². The molecule has 0 aromatic rings. The van der Waals surface area contributed by atoms with E-state index in [1.165, 1.54) is 0 Å². The number of alkyl halides is 3. The largest absolute Gasteiger partial charge is 0.481 e. The Morgan fingerprint density at radius 3 is 1.81 bits per heavy atom. The second-order valence-electron chi connectivity index (χ2n) is 6.09. The third kappa shape index (κ3) is 1.07. The second kappa shape index (κ2) is 2.41. The number of hydrogen-bond acceptors (Lipinski definition) is 1. The Bertz CT molecular complexity index is 352. The fourth-order valence-corrected chi connectivity index (χ4v) is 4.02. The maximum absolute atomic E-state index is 12.7. The lowest BCUT2D eigenvalue weighted by atomic mass is 9.41. The normalized spacial score (nSPS) is 31.9. The van der Waals surface area contributed by atoms with E-state index in [0.717, 1.165) is 25.7 Å². The molecule has 0 radical (unpaired) electrons. The highest BCUT2D eigenvalue weighted by Gasteiger charge is 2.77. The summed E-state index contributed by atoms with van der Waals surface area (Å²) >= 11 is 0. The molecule has 90 valence electrons. The van der Waals surface area contributed by atoms with E-state index in [1.807, 2.05) is 0 Å². The lowest BCUT2D eigenvalue weighted by Crippen LogP contribution is -2.63. The smallest absolute Gasteiger partial charge is 0.404 e. The van der Waals surface area contributed by atoms with Gasteiger partial charge >= 0.3 is 12.1 Å². The number of carboxylic acids is 1. The Morgan fingerprint density at radius 2 is 1.50 bits per heavy atom. The Kier molecular flexibility index (Phi) is 1.57. The van der Waals surface area contributed by atoms with Crippen LogP contribution in [-0.4, -0.2) is 17.3 Å². The summed E-state index contributed by atoms with van der Waals surface area (Å²) in [5.41, 5.74) is -2.40. The van der Waals surface area contributed by atoms with Crippen molar-refractivity contribution in [2.75, 3.05) is 0 Å². The van der Waals surface area contributed by atoms with Crippen LogP contribution in [0.4, 0.5) is 13.2 Å². The van der Waals surface area contributed by atoms with Gasteiger partial charge in [-0.1, -0.05) is 0 Å². The molecule has 0 atom stereocenters. The number of aliphatic carboxylic acids is 1. The van der Waals surface area contributed by atoms with E-state index in [-0.39, 0.29) is 18.3 Å². The Balaban J connectivity index is 1.75. The fraction of sp³-hybridized carbons (Fsp3) is 0.909. The fourth-order valence-electron chi connectivity index (χ4n) is 4.02. The summed E-state index contributed by atoms with van der Waals surface area (Å²) < 4.78 is 38.2. The van der Waals surface area contributed by atoms with Crippen molar-refractivity contribution in [2.45, 2.75) is 44.7 Å². The van der Waals surface area contributed by atoms with E-state index in [2.05, 4.69) is 0 Å². The highest BCUT2D eigenvalue weighted by molar-refractivity contribution is 5.77. The average molecular weight is 234 g/mol. The molecule has 3 fully saturated rings. The average Bonchev–Trinajstić information content (AvgIpc) is 2.71. The van der Waals surface area contributed by atoms with Gasteiger partial charge in [0.15, 0.2) is 5.41 Å². The van der Waals surface area contributed by atoms with Crippen molar-refractivity contribution in [3.8, 4) is 0 Å². The molecule has 2 nitrogen and oxygen atoms in total. The summed E-state index contributed by atoms with van der Waals surface area (Å²) in [4.78, 5) is 10.8. The van der Waals surface area contributed by atoms with Crippen LogP contribution in [-0.2, 0) is 4.79 Å². The standard InChI is InChI=1S/C11H13F3O2/c12-11(13,14)10(7(15)16)5-9(6-10)3-8(4-9)1-2-8/h1-6H2,(H,15,16). The summed E-state index contributed by atoms with van der Waals surface area (Å²) in [5, 5.41) is 8.80. The predicted octanol–water partition coefficient (Wildman–Crippen LogP) is 2.97. The molecule has 3 saturated carbocycles. The summed E-state index contributed by atoms with van der Waals surface area (Å²) in [5.74, 6) is -1.69. The summed E-state index contributed by atoms with van der Waals surface area (Å²) in [6.07, 6.45) is -1.09. The van der Waals surface area contributed by atoms with E-state index in [1.54, 1.807) is 0 Å². The SMILES string of the molecule is O=C(O)C1(C(F)(F)F)CC2(CC3(CC3)C2)C1. The molecule has 0 amide bonds. The minimum atomic E-state index is -4.60. The van der Waals surface area contributed by atoms with Crippen molar-refractivity contribution in [3.05, 3.63) is 0 Å². The molecule has 3 rings (SSSR count). The van der Waals surface area contributed by atoms with Crippen LogP contribution >= 0.6 is 0 Å². The quantitative estimate of drug-likeness (QED) is 0.757. The number of rotatable bonds is 1. The topological polar surface area (TPSA) is 37.3 Å². The Labute approximate surface area is 90.8 Å². The summed E-state index contributed by atoms with van der Waals surface area (Å²) in [6, 6.07) is 0. The van der Waals surface area contributed by atoms with Crippen LogP contribution in [0.2, 0.25) is 0 Å².